The summed E-state index contributed by atoms with van der Waals surface area (Å²) in [6.07, 6.45) is 8.41. The van der Waals surface area contributed by atoms with Crippen LogP contribution in [0.4, 0.5) is 5.69 Å². The summed E-state index contributed by atoms with van der Waals surface area (Å²) in [6.45, 7) is 8.51. The molecule has 3 aromatic rings. The van der Waals surface area contributed by atoms with Gasteiger partial charge in [0.25, 0.3) is 0 Å². The monoisotopic (exact) mass is 557 g/mol. The van der Waals surface area contributed by atoms with Crippen LogP contribution in [-0.4, -0.2) is 17.1 Å². The van der Waals surface area contributed by atoms with Gasteiger partial charge in [0.15, 0.2) is 0 Å². The van der Waals surface area contributed by atoms with E-state index in [-0.39, 0.29) is 13.1 Å². The summed E-state index contributed by atoms with van der Waals surface area (Å²) < 4.78 is 0. The number of hydrogen-bond acceptors (Lipinski definition) is 3. The Morgan fingerprint density at radius 3 is 2.17 bits per heavy atom. The molecule has 1 heterocycles. The van der Waals surface area contributed by atoms with Gasteiger partial charge in [0.2, 0.25) is 0 Å². The summed E-state index contributed by atoms with van der Waals surface area (Å²) in [4.78, 5) is 15.0. The molecule has 0 aromatic heterocycles. The minimum absolute atomic E-state index is 0.194. The van der Waals surface area contributed by atoms with Gasteiger partial charge in [-0.1, -0.05) is 73.7 Å². The Labute approximate surface area is 228 Å². The first kappa shape index (κ1) is 26.6. The summed E-state index contributed by atoms with van der Waals surface area (Å²) in [6, 6.07) is 19.2. The van der Waals surface area contributed by atoms with Gasteiger partial charge < -0.3 is 0 Å². The molecule has 1 aliphatic carbocycles. The molecule has 0 saturated heterocycles. The zero-order valence-electron chi connectivity index (χ0n) is 20.9. The third-order valence-corrected chi connectivity index (χ3v) is 6.57. The molecule has 0 bridgehead atoms. The van der Waals surface area contributed by atoms with Crippen molar-refractivity contribution in [1.82, 2.24) is 0 Å². The van der Waals surface area contributed by atoms with Crippen molar-refractivity contribution in [2.75, 3.05) is 0 Å². The molecule has 5 rings (SSSR count). The third kappa shape index (κ3) is 5.90. The minimum atomic E-state index is 0.194. The molecule has 36 heavy (non-hydrogen) atoms. The average molecular weight is 558 g/mol. The summed E-state index contributed by atoms with van der Waals surface area (Å²) in [5.41, 5.74) is 7.35. The van der Waals surface area contributed by atoms with E-state index in [1.165, 1.54) is 32.8 Å². The van der Waals surface area contributed by atoms with Crippen molar-refractivity contribution in [3.05, 3.63) is 89.8 Å². The average Bonchev–Trinajstić information content (AvgIpc) is 3.37. The van der Waals surface area contributed by atoms with Crippen LogP contribution in [-0.2, 0) is 13.1 Å². The zero-order valence-corrected chi connectivity index (χ0v) is 23.5. The molecule has 0 radical (unpaired) electrons. The van der Waals surface area contributed by atoms with Crippen LogP contribution in [0, 0.1) is 5.92 Å². The quantitative estimate of drug-likeness (QED) is 0.174. The van der Waals surface area contributed by atoms with Crippen LogP contribution < -0.4 is 0 Å². The van der Waals surface area contributed by atoms with E-state index in [1.807, 2.05) is 0 Å². The zero-order chi connectivity index (χ0) is 25.7. The van der Waals surface area contributed by atoms with Crippen molar-refractivity contribution < 1.29 is 13.1 Å². The van der Waals surface area contributed by atoms with Gasteiger partial charge in [-0.15, -0.1) is 0 Å². The van der Waals surface area contributed by atoms with E-state index in [2.05, 4.69) is 101 Å². The van der Waals surface area contributed by atoms with E-state index < -0.39 is 0 Å². The van der Waals surface area contributed by atoms with Crippen LogP contribution in [0.3, 0.4) is 0 Å². The van der Waals surface area contributed by atoms with Crippen LogP contribution in [0.1, 0.15) is 40.5 Å². The molecule has 0 fully saturated rings. The molecule has 0 amide bonds. The number of allylic oxidation sites excluding steroid dienone is 6. The molecule has 0 N–H and O–H groups in total. The van der Waals surface area contributed by atoms with Gasteiger partial charge in [0, 0.05) is 28.8 Å². The predicted molar refractivity (Wildman–Crippen MR) is 155 cm³/mol. The maximum atomic E-state index is 5.13. The van der Waals surface area contributed by atoms with E-state index in [9.17, 15) is 0 Å². The van der Waals surface area contributed by atoms with Crippen LogP contribution in [0.25, 0.3) is 21.5 Å². The van der Waals surface area contributed by atoms with E-state index >= 15 is 0 Å². The van der Waals surface area contributed by atoms with Crippen molar-refractivity contribution in [1.29, 1.82) is 0 Å². The predicted octanol–water partition coefficient (Wildman–Crippen LogP) is 9.52. The van der Waals surface area contributed by atoms with Gasteiger partial charge in [0.1, 0.15) is 0 Å². The first-order valence-electron chi connectivity index (χ1n) is 11.9. The van der Waals surface area contributed by atoms with Crippen LogP contribution >= 0.6 is 20.2 Å². The fourth-order valence-corrected chi connectivity index (χ4v) is 4.70. The second-order valence-corrected chi connectivity index (χ2v) is 10.9. The van der Waals surface area contributed by atoms with Gasteiger partial charge in [0.05, 0.1) is 28.5 Å². The molecule has 0 saturated carbocycles. The van der Waals surface area contributed by atoms with Gasteiger partial charge >= 0.3 is 33.3 Å². The summed E-state index contributed by atoms with van der Waals surface area (Å²) in [7, 11) is 9.53. The number of benzene rings is 3. The normalized spacial score (nSPS) is 18.4. The molecule has 186 valence electrons. The van der Waals surface area contributed by atoms with Crippen LogP contribution in [0.2, 0.25) is 0 Å². The number of hydrogen-bond donors (Lipinski definition) is 0. The second-order valence-electron chi connectivity index (χ2n) is 9.07. The topological polar surface area (TPSA) is 37.1 Å². The fraction of sp³-hybridized carbons (Fsp3) is 0.233. The Morgan fingerprint density at radius 1 is 0.944 bits per heavy atom. The first-order chi connectivity index (χ1) is 17.4. The number of rotatable bonds is 4. The Kier molecular flexibility index (Phi) is 8.98. The van der Waals surface area contributed by atoms with Gasteiger partial charge in [-0.2, -0.15) is 0 Å². The molecule has 6 heteroatoms. The standard InChI is InChI=1S/C30H29N3.2ClH.Fe/c1-19-10-9-11-20(2)29(19)31-21(3)27-16-17-28(33-27)22(4)32-30-25-14-7-5-12-23(25)18-24-13-6-8-15-26(24)30;;;/h5-10,12-16,18,20H,11,17H2,1-4H3;2*1H;/q;;;+2/p-2. The molecular weight excluding hydrogens is 529 g/mol. The summed E-state index contributed by atoms with van der Waals surface area (Å²) in [5.74, 6) is 0.443. The van der Waals surface area contributed by atoms with Crippen molar-refractivity contribution >= 4 is 64.6 Å². The first-order valence-corrected chi connectivity index (χ1v) is 15.0. The maximum absolute atomic E-state index is 5.13. The number of aliphatic imine (C=N–C) groups is 3. The van der Waals surface area contributed by atoms with Crippen molar-refractivity contribution in [2.45, 2.75) is 40.5 Å². The molecule has 3 aromatic carbocycles. The number of halogens is 2. The Hall–Kier alpha value is -2.49. The van der Waals surface area contributed by atoms with Gasteiger partial charge in [-0.25, -0.2) is 4.99 Å². The number of fused-ring (bicyclic) bond motifs is 2. The Balaban J connectivity index is 0.000000967. The SMILES string of the molecule is CC(=NC1=C(C)C=CCC1C)C1=CCC(C(C)=Nc2c3ccccc3cc3ccccc23)=N1.[Cl][Fe][Cl]. The van der Waals surface area contributed by atoms with Crippen molar-refractivity contribution in [2.24, 2.45) is 20.9 Å². The molecule has 1 atom stereocenters. The van der Waals surface area contributed by atoms with Gasteiger partial charge in [-0.05, 0) is 49.6 Å². The molecule has 1 unspecified atom stereocenters. The Bertz CT molecular complexity index is 1420. The summed E-state index contributed by atoms with van der Waals surface area (Å²) in [5, 5.41) is 4.75. The van der Waals surface area contributed by atoms with E-state index in [1.54, 1.807) is 0 Å². The molecular formula is C30H29Cl2FeN3. The van der Waals surface area contributed by atoms with Crippen LogP contribution in [0.15, 0.2) is 105 Å². The van der Waals surface area contributed by atoms with Crippen molar-refractivity contribution in [3.63, 3.8) is 0 Å². The molecule has 2 aliphatic rings. The van der Waals surface area contributed by atoms with E-state index in [0.717, 1.165) is 41.4 Å². The summed E-state index contributed by atoms with van der Waals surface area (Å²) >= 11 is 0.194. The van der Waals surface area contributed by atoms with E-state index in [0.29, 0.717) is 5.92 Å². The van der Waals surface area contributed by atoms with Crippen molar-refractivity contribution in [3.8, 4) is 0 Å². The second kappa shape index (κ2) is 12.2. The van der Waals surface area contributed by atoms with E-state index in [4.69, 9.17) is 35.2 Å². The van der Waals surface area contributed by atoms with Gasteiger partial charge in [-0.3, -0.25) is 9.98 Å². The Morgan fingerprint density at radius 2 is 1.56 bits per heavy atom. The fourth-order valence-electron chi connectivity index (χ4n) is 4.70. The molecule has 1 aliphatic heterocycles. The number of nitrogens with zero attached hydrogens (tertiary/aromatic N) is 3. The molecule has 0 spiro atoms. The molecule has 3 nitrogen and oxygen atoms in total. The third-order valence-electron chi connectivity index (χ3n) is 6.57. The van der Waals surface area contributed by atoms with Crippen LogP contribution in [0.5, 0.6) is 0 Å².